The van der Waals surface area contributed by atoms with Gasteiger partial charge in [0.2, 0.25) is 5.78 Å². The van der Waals surface area contributed by atoms with Gasteiger partial charge in [-0.25, -0.2) is 0 Å². The standard InChI is InChI=1S/C9H9ClN4O/c1-13-7(3-4-11-13)9(15)8-6(10)5-12-14(8)2/h3-5H,1-2H3. The van der Waals surface area contributed by atoms with Gasteiger partial charge in [0.05, 0.1) is 11.2 Å². The van der Waals surface area contributed by atoms with Crippen molar-refractivity contribution in [3.05, 3.63) is 34.9 Å². The van der Waals surface area contributed by atoms with Crippen LogP contribution in [0.3, 0.4) is 0 Å². The van der Waals surface area contributed by atoms with Crippen molar-refractivity contribution < 1.29 is 4.79 Å². The van der Waals surface area contributed by atoms with Gasteiger partial charge in [-0.05, 0) is 6.07 Å². The fourth-order valence-electron chi connectivity index (χ4n) is 1.38. The molecular weight excluding hydrogens is 216 g/mol. The first-order valence-electron chi connectivity index (χ1n) is 4.31. The maximum Gasteiger partial charge on any atom is 0.230 e. The van der Waals surface area contributed by atoms with Crippen molar-refractivity contribution in [3.8, 4) is 0 Å². The second kappa shape index (κ2) is 3.51. The molecule has 0 saturated carbocycles. The highest BCUT2D eigenvalue weighted by molar-refractivity contribution is 6.34. The maximum atomic E-state index is 12.0. The zero-order valence-corrected chi connectivity index (χ0v) is 9.06. The Bertz CT molecular complexity index is 494. The number of carbonyl (C=O) groups is 1. The summed E-state index contributed by atoms with van der Waals surface area (Å²) in [5.41, 5.74) is 0.862. The SMILES string of the molecule is Cn1nccc1C(=O)c1c(Cl)cnn1C. The summed E-state index contributed by atoms with van der Waals surface area (Å²) < 4.78 is 2.96. The van der Waals surface area contributed by atoms with Gasteiger partial charge < -0.3 is 0 Å². The number of hydrogen-bond donors (Lipinski definition) is 0. The zero-order chi connectivity index (χ0) is 11.0. The lowest BCUT2D eigenvalue weighted by Gasteiger charge is -2.02. The molecule has 0 N–H and O–H groups in total. The molecule has 0 atom stereocenters. The van der Waals surface area contributed by atoms with E-state index in [4.69, 9.17) is 11.6 Å². The predicted octanol–water partition coefficient (Wildman–Crippen LogP) is 1.04. The van der Waals surface area contributed by atoms with Gasteiger partial charge in [-0.1, -0.05) is 11.6 Å². The second-order valence-electron chi connectivity index (χ2n) is 3.13. The Kier molecular flexibility index (Phi) is 2.32. The van der Waals surface area contributed by atoms with E-state index in [0.717, 1.165) is 0 Å². The fraction of sp³-hybridized carbons (Fsp3) is 0.222. The van der Waals surface area contributed by atoms with E-state index in [2.05, 4.69) is 10.2 Å². The van der Waals surface area contributed by atoms with E-state index >= 15 is 0 Å². The van der Waals surface area contributed by atoms with Crippen molar-refractivity contribution in [2.75, 3.05) is 0 Å². The molecule has 2 aromatic rings. The zero-order valence-electron chi connectivity index (χ0n) is 8.31. The monoisotopic (exact) mass is 224 g/mol. The van der Waals surface area contributed by atoms with Crippen LogP contribution in [-0.4, -0.2) is 25.3 Å². The number of carbonyl (C=O) groups excluding carboxylic acids is 1. The summed E-state index contributed by atoms with van der Waals surface area (Å²) in [5, 5.41) is 8.19. The maximum absolute atomic E-state index is 12.0. The summed E-state index contributed by atoms with van der Waals surface area (Å²) in [5.74, 6) is -0.181. The van der Waals surface area contributed by atoms with E-state index in [0.29, 0.717) is 16.4 Å². The first kappa shape index (κ1) is 9.92. The summed E-state index contributed by atoms with van der Waals surface area (Å²) in [6, 6.07) is 1.64. The number of ketones is 1. The van der Waals surface area contributed by atoms with E-state index in [-0.39, 0.29) is 5.78 Å². The van der Waals surface area contributed by atoms with Crippen LogP contribution in [0, 0.1) is 0 Å². The Labute approximate surface area is 91.3 Å². The Morgan fingerprint density at radius 3 is 2.53 bits per heavy atom. The average molecular weight is 225 g/mol. The van der Waals surface area contributed by atoms with Gasteiger partial charge in [0.25, 0.3) is 0 Å². The molecule has 0 fully saturated rings. The molecule has 78 valence electrons. The van der Waals surface area contributed by atoms with E-state index in [1.54, 1.807) is 26.4 Å². The van der Waals surface area contributed by atoms with E-state index in [1.165, 1.54) is 15.6 Å². The third-order valence-corrected chi connectivity index (χ3v) is 2.44. The summed E-state index contributed by atoms with van der Waals surface area (Å²) in [6.07, 6.45) is 3.02. The highest BCUT2D eigenvalue weighted by atomic mass is 35.5. The summed E-state index contributed by atoms with van der Waals surface area (Å²) in [7, 11) is 3.38. The molecule has 2 aromatic heterocycles. The van der Waals surface area contributed by atoms with Gasteiger partial charge in [-0.3, -0.25) is 14.2 Å². The molecule has 0 saturated heterocycles. The molecule has 15 heavy (non-hydrogen) atoms. The molecular formula is C9H9ClN4O. The highest BCUT2D eigenvalue weighted by Crippen LogP contribution is 2.17. The van der Waals surface area contributed by atoms with E-state index in [9.17, 15) is 4.79 Å². The summed E-state index contributed by atoms with van der Waals surface area (Å²) in [4.78, 5) is 12.0. The molecule has 0 aliphatic heterocycles. The summed E-state index contributed by atoms with van der Waals surface area (Å²) >= 11 is 5.88. The molecule has 0 spiro atoms. The largest absolute Gasteiger partial charge is 0.285 e. The molecule has 0 aromatic carbocycles. The Morgan fingerprint density at radius 1 is 1.33 bits per heavy atom. The van der Waals surface area contributed by atoms with E-state index < -0.39 is 0 Å². The molecule has 0 amide bonds. The van der Waals surface area contributed by atoms with Crippen LogP contribution in [0.4, 0.5) is 0 Å². The van der Waals surface area contributed by atoms with Gasteiger partial charge in [-0.15, -0.1) is 0 Å². The van der Waals surface area contributed by atoms with Gasteiger partial charge in [-0.2, -0.15) is 10.2 Å². The van der Waals surface area contributed by atoms with E-state index in [1.807, 2.05) is 0 Å². The van der Waals surface area contributed by atoms with Crippen molar-refractivity contribution in [1.82, 2.24) is 19.6 Å². The minimum Gasteiger partial charge on any atom is -0.285 e. The van der Waals surface area contributed by atoms with Crippen molar-refractivity contribution >= 4 is 17.4 Å². The second-order valence-corrected chi connectivity index (χ2v) is 3.54. The minimum absolute atomic E-state index is 0.181. The third-order valence-electron chi connectivity index (χ3n) is 2.16. The van der Waals surface area contributed by atoms with Crippen molar-refractivity contribution in [2.24, 2.45) is 14.1 Å². The molecule has 0 unspecified atom stereocenters. The van der Waals surface area contributed by atoms with Crippen LogP contribution in [0.25, 0.3) is 0 Å². The fourth-order valence-corrected chi connectivity index (χ4v) is 1.64. The molecule has 2 rings (SSSR count). The Balaban J connectivity index is 2.50. The Hall–Kier alpha value is -1.62. The molecule has 5 nitrogen and oxygen atoms in total. The number of hydrogen-bond acceptors (Lipinski definition) is 3. The topological polar surface area (TPSA) is 52.7 Å². The summed E-state index contributed by atoms with van der Waals surface area (Å²) in [6.45, 7) is 0. The quantitative estimate of drug-likeness (QED) is 0.717. The van der Waals surface area contributed by atoms with Gasteiger partial charge in [0, 0.05) is 20.3 Å². The molecule has 2 heterocycles. The van der Waals surface area contributed by atoms with Gasteiger partial charge in [0.1, 0.15) is 11.4 Å². The molecule has 0 bridgehead atoms. The first-order chi connectivity index (χ1) is 7.11. The Morgan fingerprint density at radius 2 is 2.07 bits per heavy atom. The minimum atomic E-state index is -0.181. The van der Waals surface area contributed by atoms with Crippen LogP contribution in [0.15, 0.2) is 18.5 Å². The van der Waals surface area contributed by atoms with Crippen molar-refractivity contribution in [2.45, 2.75) is 0 Å². The van der Waals surface area contributed by atoms with Crippen molar-refractivity contribution in [1.29, 1.82) is 0 Å². The van der Waals surface area contributed by atoms with Crippen LogP contribution in [0.1, 0.15) is 16.2 Å². The average Bonchev–Trinajstić information content (AvgIpc) is 2.73. The molecule has 0 aliphatic rings. The van der Waals surface area contributed by atoms with Crippen LogP contribution in [-0.2, 0) is 14.1 Å². The van der Waals surface area contributed by atoms with Crippen LogP contribution in [0.2, 0.25) is 5.02 Å². The first-order valence-corrected chi connectivity index (χ1v) is 4.69. The van der Waals surface area contributed by atoms with Gasteiger partial charge in [0.15, 0.2) is 0 Å². The number of nitrogens with zero attached hydrogens (tertiary/aromatic N) is 4. The smallest absolute Gasteiger partial charge is 0.230 e. The lowest BCUT2D eigenvalue weighted by molar-refractivity contribution is 0.102. The molecule has 0 radical (unpaired) electrons. The third kappa shape index (κ3) is 1.55. The normalized spacial score (nSPS) is 10.6. The van der Waals surface area contributed by atoms with Gasteiger partial charge >= 0.3 is 0 Å². The highest BCUT2D eigenvalue weighted by Gasteiger charge is 2.19. The van der Waals surface area contributed by atoms with Crippen LogP contribution in [0.5, 0.6) is 0 Å². The number of aryl methyl sites for hydroxylation is 2. The molecule has 0 aliphatic carbocycles. The number of rotatable bonds is 2. The van der Waals surface area contributed by atoms with Crippen LogP contribution >= 0.6 is 11.6 Å². The van der Waals surface area contributed by atoms with Crippen molar-refractivity contribution in [3.63, 3.8) is 0 Å². The van der Waals surface area contributed by atoms with Crippen LogP contribution < -0.4 is 0 Å². The number of halogens is 1. The number of aromatic nitrogens is 4. The lowest BCUT2D eigenvalue weighted by atomic mass is 10.2. The predicted molar refractivity (Wildman–Crippen MR) is 54.9 cm³/mol. The lowest BCUT2D eigenvalue weighted by Crippen LogP contribution is -2.12. The molecule has 6 heteroatoms.